The number of hydrogen-bond donors (Lipinski definition) is 0. The zero-order valence-corrected chi connectivity index (χ0v) is 16.4. The van der Waals surface area contributed by atoms with Gasteiger partial charge < -0.3 is 4.74 Å². The number of fused-ring (bicyclic) bond motifs is 3. The summed E-state index contributed by atoms with van der Waals surface area (Å²) in [7, 11) is 0. The van der Waals surface area contributed by atoms with Gasteiger partial charge in [0.05, 0.1) is 0 Å². The molecule has 2 aromatic rings. The van der Waals surface area contributed by atoms with Crippen molar-refractivity contribution >= 4 is 5.97 Å². The van der Waals surface area contributed by atoms with Crippen molar-refractivity contribution in [1.82, 2.24) is 14.8 Å². The number of carbonyl (C=O) groups is 1. The molecule has 4 saturated carbocycles. The van der Waals surface area contributed by atoms with Crippen LogP contribution in [0.25, 0.3) is 11.4 Å². The van der Waals surface area contributed by atoms with Crippen LogP contribution in [-0.2, 0) is 21.4 Å². The number of benzene rings is 1. The van der Waals surface area contributed by atoms with Crippen LogP contribution in [0.5, 0.6) is 0 Å². The summed E-state index contributed by atoms with van der Waals surface area (Å²) in [6, 6.07) is 7.45. The monoisotopic (exact) mass is 417 g/mol. The first-order valence-electron chi connectivity index (χ1n) is 10.6. The summed E-state index contributed by atoms with van der Waals surface area (Å²) in [5, 5.41) is 8.96. The first-order valence-corrected chi connectivity index (χ1v) is 10.6. The van der Waals surface area contributed by atoms with Gasteiger partial charge >= 0.3 is 12.1 Å². The Morgan fingerprint density at radius 1 is 1.03 bits per heavy atom. The van der Waals surface area contributed by atoms with E-state index < -0.39 is 18.4 Å². The number of aromatic nitrogens is 3. The normalized spacial score (nSPS) is 33.8. The van der Waals surface area contributed by atoms with Crippen LogP contribution in [0.15, 0.2) is 24.3 Å². The van der Waals surface area contributed by atoms with E-state index in [1.807, 2.05) is 24.3 Å². The molecule has 1 aliphatic heterocycles. The van der Waals surface area contributed by atoms with Gasteiger partial charge in [-0.1, -0.05) is 24.3 Å². The molecule has 0 amide bonds. The van der Waals surface area contributed by atoms with Gasteiger partial charge in [-0.2, -0.15) is 13.2 Å². The van der Waals surface area contributed by atoms with E-state index in [-0.39, 0.29) is 11.8 Å². The van der Waals surface area contributed by atoms with Gasteiger partial charge in [0.2, 0.25) is 0 Å². The third-order valence-electron chi connectivity index (χ3n) is 7.62. The van der Waals surface area contributed by atoms with Crippen LogP contribution in [0, 0.1) is 17.8 Å². The van der Waals surface area contributed by atoms with Crippen molar-refractivity contribution in [2.24, 2.45) is 17.8 Å². The fourth-order valence-electron chi connectivity index (χ4n) is 6.97. The van der Waals surface area contributed by atoms with Crippen LogP contribution in [0.4, 0.5) is 13.2 Å². The van der Waals surface area contributed by atoms with Crippen molar-refractivity contribution in [1.29, 1.82) is 0 Å². The van der Waals surface area contributed by atoms with Gasteiger partial charge in [0, 0.05) is 17.4 Å². The molecule has 1 unspecified atom stereocenters. The van der Waals surface area contributed by atoms with Gasteiger partial charge in [0.15, 0.2) is 12.1 Å². The van der Waals surface area contributed by atoms with Crippen molar-refractivity contribution in [2.45, 2.75) is 62.8 Å². The molecule has 0 radical (unpaired) electrons. The van der Waals surface area contributed by atoms with Crippen LogP contribution in [0.2, 0.25) is 0 Å². The minimum Gasteiger partial charge on any atom is -0.434 e. The smallest absolute Gasteiger partial charge is 0.434 e. The summed E-state index contributed by atoms with van der Waals surface area (Å²) in [5.74, 6) is 1.00. The lowest BCUT2D eigenvalue weighted by molar-refractivity contribution is -0.209. The van der Waals surface area contributed by atoms with E-state index in [1.54, 1.807) is 4.57 Å². The first-order chi connectivity index (χ1) is 14.3. The van der Waals surface area contributed by atoms with Crippen LogP contribution in [-0.4, -0.2) is 26.9 Å². The maximum atomic E-state index is 13.0. The molecule has 0 N–H and O–H groups in total. The maximum absolute atomic E-state index is 13.0. The third-order valence-corrected chi connectivity index (χ3v) is 7.62. The molecule has 158 valence electrons. The molecule has 5 aliphatic rings. The quantitative estimate of drug-likeness (QED) is 0.672. The number of hydrogen-bond acceptors (Lipinski definition) is 4. The number of esters is 1. The molecule has 5 nitrogen and oxygen atoms in total. The fourth-order valence-corrected chi connectivity index (χ4v) is 6.97. The Morgan fingerprint density at radius 2 is 1.67 bits per heavy atom. The van der Waals surface area contributed by atoms with Crippen LogP contribution < -0.4 is 0 Å². The van der Waals surface area contributed by atoms with Crippen molar-refractivity contribution in [2.75, 3.05) is 0 Å². The molecular weight excluding hydrogens is 395 g/mol. The van der Waals surface area contributed by atoms with Crippen LogP contribution >= 0.6 is 0 Å². The summed E-state index contributed by atoms with van der Waals surface area (Å²) in [5.41, 5.74) is 1.49. The van der Waals surface area contributed by atoms with Crippen LogP contribution in [0.3, 0.4) is 0 Å². The molecule has 4 fully saturated rings. The molecule has 30 heavy (non-hydrogen) atoms. The number of carbonyl (C=O) groups excluding carboxylic acids is 1. The highest BCUT2D eigenvalue weighted by Crippen LogP contribution is 2.61. The van der Waals surface area contributed by atoms with Crippen LogP contribution in [0.1, 0.15) is 56.1 Å². The fraction of sp³-hybridized carbons (Fsp3) is 0.591. The lowest BCUT2D eigenvalue weighted by Gasteiger charge is -2.56. The van der Waals surface area contributed by atoms with Gasteiger partial charge in [-0.25, -0.2) is 4.79 Å². The zero-order valence-electron chi connectivity index (χ0n) is 16.4. The molecule has 2 heterocycles. The van der Waals surface area contributed by atoms with Crippen molar-refractivity contribution in [3.8, 4) is 11.4 Å². The minimum absolute atomic E-state index is 0.171. The van der Waals surface area contributed by atoms with Gasteiger partial charge in [-0.3, -0.25) is 4.57 Å². The predicted molar refractivity (Wildman–Crippen MR) is 100 cm³/mol. The second kappa shape index (κ2) is 6.08. The number of ether oxygens (including phenoxy) is 1. The molecule has 0 spiro atoms. The van der Waals surface area contributed by atoms with E-state index in [4.69, 9.17) is 4.74 Å². The van der Waals surface area contributed by atoms with E-state index in [0.29, 0.717) is 29.4 Å². The Hall–Kier alpha value is -2.38. The molecular formula is C22H22F3N3O2. The van der Waals surface area contributed by atoms with E-state index >= 15 is 0 Å². The Kier molecular flexibility index (Phi) is 3.73. The molecule has 4 bridgehead atoms. The summed E-state index contributed by atoms with van der Waals surface area (Å²) in [6.07, 6.45) is 0.799. The summed E-state index contributed by atoms with van der Waals surface area (Å²) in [6.45, 7) is 0. The second-order valence-electron chi connectivity index (χ2n) is 9.63. The Morgan fingerprint density at radius 3 is 2.30 bits per heavy atom. The molecule has 0 saturated heterocycles. The highest BCUT2D eigenvalue weighted by atomic mass is 19.4. The zero-order chi connectivity index (χ0) is 20.7. The van der Waals surface area contributed by atoms with Gasteiger partial charge in [-0.05, 0) is 61.8 Å². The minimum atomic E-state index is -5.04. The summed E-state index contributed by atoms with van der Waals surface area (Å²) < 4.78 is 45.7. The summed E-state index contributed by atoms with van der Waals surface area (Å²) in [4.78, 5) is 11.7. The Bertz CT molecular complexity index is 994. The van der Waals surface area contributed by atoms with E-state index in [9.17, 15) is 18.0 Å². The Labute approximate surface area is 171 Å². The molecule has 7 rings (SSSR count). The maximum Gasteiger partial charge on any atom is 0.491 e. The van der Waals surface area contributed by atoms with Crippen molar-refractivity contribution in [3.63, 3.8) is 0 Å². The Balaban J connectivity index is 1.47. The molecule has 4 aliphatic carbocycles. The lowest BCUT2D eigenvalue weighted by Crippen LogP contribution is -2.50. The topological polar surface area (TPSA) is 57.0 Å². The molecule has 1 atom stereocenters. The average Bonchev–Trinajstić information content (AvgIpc) is 3.13. The molecule has 1 aromatic carbocycles. The lowest BCUT2D eigenvalue weighted by atomic mass is 9.49. The standard InChI is InChI=1S/C22H22F3N3O2/c23-22(24,25)20(29)30-17-8-15-3-1-2-4-16(15)18-26-27-19(28(17)18)21-9-12-5-13(10-21)7-14(6-12)11-21/h1-4,12-14,17H,5-11H2. The van der Waals surface area contributed by atoms with Crippen molar-refractivity contribution in [3.05, 3.63) is 35.7 Å². The largest absolute Gasteiger partial charge is 0.491 e. The second-order valence-corrected chi connectivity index (χ2v) is 9.63. The number of alkyl halides is 3. The first kappa shape index (κ1) is 18.4. The average molecular weight is 417 g/mol. The van der Waals surface area contributed by atoms with Crippen molar-refractivity contribution < 1.29 is 22.7 Å². The summed E-state index contributed by atoms with van der Waals surface area (Å²) >= 11 is 0. The molecule has 8 heteroatoms. The van der Waals surface area contributed by atoms with E-state index in [0.717, 1.165) is 30.4 Å². The highest BCUT2D eigenvalue weighted by Gasteiger charge is 2.55. The number of halogens is 3. The van der Waals surface area contributed by atoms with E-state index in [2.05, 4.69) is 10.2 Å². The highest BCUT2D eigenvalue weighted by molar-refractivity contribution is 5.76. The van der Waals surface area contributed by atoms with Gasteiger partial charge in [-0.15, -0.1) is 10.2 Å². The third kappa shape index (κ3) is 2.65. The predicted octanol–water partition coefficient (Wildman–Crippen LogP) is 4.57. The van der Waals surface area contributed by atoms with Gasteiger partial charge in [0.25, 0.3) is 0 Å². The number of rotatable bonds is 2. The van der Waals surface area contributed by atoms with Gasteiger partial charge in [0.1, 0.15) is 5.82 Å². The number of nitrogens with zero attached hydrogens (tertiary/aromatic N) is 3. The SMILES string of the molecule is O=C(OC1Cc2ccccc2-c2nnc(C34CC5CC(CC(C5)C3)C4)n21)C(F)(F)F. The van der Waals surface area contributed by atoms with E-state index in [1.165, 1.54) is 19.3 Å². The molecule has 1 aromatic heterocycles.